The molecule has 0 aliphatic rings. The number of nitrogens with one attached hydrogen (secondary N) is 3. The number of nitrogen functional groups attached to an aromatic ring is 1. The van der Waals surface area contributed by atoms with Crippen LogP contribution in [-0.4, -0.2) is 22.1 Å². The molecule has 2 aromatic heterocycles. The number of pyridine rings is 1. The predicted octanol–water partition coefficient (Wildman–Crippen LogP) is 4.69. The zero-order chi connectivity index (χ0) is 23.5. The molecule has 2 aromatic carbocycles. The Bertz CT molecular complexity index is 1380. The van der Waals surface area contributed by atoms with Gasteiger partial charge in [0.05, 0.1) is 11.1 Å². The number of aromatic nitrogens is 2. The van der Waals surface area contributed by atoms with Crippen LogP contribution in [0, 0.1) is 12.7 Å². The third-order valence-corrected chi connectivity index (χ3v) is 4.72. The molecule has 0 bridgehead atoms. The Morgan fingerprint density at radius 3 is 2.48 bits per heavy atom. The Hall–Kier alpha value is -4.73. The molecule has 0 saturated heterocycles. The van der Waals surface area contributed by atoms with E-state index in [2.05, 4.69) is 32.7 Å². The van der Waals surface area contributed by atoms with Gasteiger partial charge in [0, 0.05) is 22.6 Å². The molecule has 0 unspecified atom stereocenters. The summed E-state index contributed by atoms with van der Waals surface area (Å²) in [5, 5.41) is 12.0. The maximum atomic E-state index is 13.9. The summed E-state index contributed by atoms with van der Waals surface area (Å²) in [5.41, 5.74) is 9.43. The first-order valence-electron chi connectivity index (χ1n) is 9.78. The van der Waals surface area contributed by atoms with Gasteiger partial charge in [0.2, 0.25) is 5.91 Å². The number of benzene rings is 2. The lowest BCUT2D eigenvalue weighted by atomic mass is 10.0. The number of rotatable bonds is 5. The van der Waals surface area contributed by atoms with E-state index in [9.17, 15) is 14.0 Å². The number of nitrogens with zero attached hydrogens (tertiary/aromatic N) is 2. The molecule has 0 aliphatic heterocycles. The van der Waals surface area contributed by atoms with Crippen LogP contribution in [0.4, 0.5) is 32.1 Å². The number of hydrogen-bond acceptors (Lipinski definition) is 6. The van der Waals surface area contributed by atoms with Gasteiger partial charge in [-0.1, -0.05) is 23.9 Å². The summed E-state index contributed by atoms with van der Waals surface area (Å²) >= 11 is 0. The van der Waals surface area contributed by atoms with Crippen LogP contribution in [-0.2, 0) is 4.79 Å². The van der Waals surface area contributed by atoms with Gasteiger partial charge in [0.15, 0.2) is 5.82 Å². The van der Waals surface area contributed by atoms with Crippen molar-refractivity contribution in [2.75, 3.05) is 21.7 Å². The standard InChI is InChI=1S/C23H19FN6O3/c1-3-19(31)29-18-11-15(8-9-17(18)24)28-23(32)27-14-6-4-13(5-7-14)16-10-12(2)26-22-20(16)21(25)30-33-22/h3-11H,1H2,2H3,(H2,25,30)(H,29,31)(H2,27,28,32). The minimum atomic E-state index is -0.638. The summed E-state index contributed by atoms with van der Waals surface area (Å²) in [6, 6.07) is 12.2. The first-order chi connectivity index (χ1) is 15.8. The molecule has 0 spiro atoms. The van der Waals surface area contributed by atoms with E-state index in [0.717, 1.165) is 29.0 Å². The molecule has 4 aromatic rings. The molecule has 5 N–H and O–H groups in total. The smallest absolute Gasteiger partial charge is 0.323 e. The van der Waals surface area contributed by atoms with Gasteiger partial charge >= 0.3 is 6.03 Å². The Labute approximate surface area is 187 Å². The molecule has 0 aliphatic carbocycles. The van der Waals surface area contributed by atoms with Crippen LogP contribution in [0.5, 0.6) is 0 Å². The fraction of sp³-hybridized carbons (Fsp3) is 0.0435. The molecule has 0 fully saturated rings. The zero-order valence-electron chi connectivity index (χ0n) is 17.5. The van der Waals surface area contributed by atoms with Crippen molar-refractivity contribution in [2.45, 2.75) is 6.92 Å². The van der Waals surface area contributed by atoms with Crippen molar-refractivity contribution in [2.24, 2.45) is 0 Å². The van der Waals surface area contributed by atoms with E-state index < -0.39 is 17.8 Å². The van der Waals surface area contributed by atoms with Gasteiger partial charge in [-0.25, -0.2) is 14.2 Å². The first kappa shape index (κ1) is 21.5. The van der Waals surface area contributed by atoms with E-state index in [1.807, 2.05) is 25.1 Å². The number of urea groups is 1. The van der Waals surface area contributed by atoms with Gasteiger partial charge in [-0.15, -0.1) is 0 Å². The molecule has 166 valence electrons. The molecule has 33 heavy (non-hydrogen) atoms. The fourth-order valence-electron chi connectivity index (χ4n) is 3.23. The van der Waals surface area contributed by atoms with E-state index >= 15 is 0 Å². The van der Waals surface area contributed by atoms with Gasteiger partial charge in [-0.05, 0) is 55.0 Å². The van der Waals surface area contributed by atoms with Gasteiger partial charge < -0.3 is 26.2 Å². The van der Waals surface area contributed by atoms with E-state index in [-0.39, 0.29) is 11.5 Å². The molecule has 3 amide bonds. The van der Waals surface area contributed by atoms with Crippen molar-refractivity contribution in [1.82, 2.24) is 10.1 Å². The van der Waals surface area contributed by atoms with Crippen molar-refractivity contribution in [3.8, 4) is 11.1 Å². The number of carbonyl (C=O) groups is 2. The maximum Gasteiger partial charge on any atom is 0.323 e. The molecular formula is C23H19FN6O3. The third-order valence-electron chi connectivity index (χ3n) is 4.72. The summed E-state index contributed by atoms with van der Waals surface area (Å²) in [7, 11) is 0. The van der Waals surface area contributed by atoms with Gasteiger partial charge in [0.1, 0.15) is 5.82 Å². The van der Waals surface area contributed by atoms with E-state index in [1.165, 1.54) is 12.1 Å². The Balaban J connectivity index is 1.49. The number of aryl methyl sites for hydroxylation is 1. The minimum absolute atomic E-state index is 0.0750. The third kappa shape index (κ3) is 4.64. The summed E-state index contributed by atoms with van der Waals surface area (Å²) in [5.74, 6) is -0.956. The van der Waals surface area contributed by atoms with Crippen molar-refractivity contribution in [3.63, 3.8) is 0 Å². The largest absolute Gasteiger partial charge is 0.380 e. The monoisotopic (exact) mass is 446 g/mol. The summed E-state index contributed by atoms with van der Waals surface area (Å²) in [4.78, 5) is 28.1. The van der Waals surface area contributed by atoms with Crippen LogP contribution < -0.4 is 21.7 Å². The van der Waals surface area contributed by atoms with Crippen LogP contribution in [0.15, 0.2) is 65.7 Å². The highest BCUT2D eigenvalue weighted by Crippen LogP contribution is 2.32. The lowest BCUT2D eigenvalue weighted by molar-refractivity contribution is -0.111. The SMILES string of the molecule is C=CC(=O)Nc1cc(NC(=O)Nc2ccc(-c3cc(C)nc4onc(N)c34)cc2)ccc1F. The van der Waals surface area contributed by atoms with Crippen molar-refractivity contribution in [3.05, 3.63) is 72.7 Å². The molecule has 0 radical (unpaired) electrons. The van der Waals surface area contributed by atoms with Crippen LogP contribution in [0.2, 0.25) is 0 Å². The lowest BCUT2D eigenvalue weighted by Gasteiger charge is -2.11. The average Bonchev–Trinajstić information content (AvgIpc) is 3.16. The number of amides is 3. The highest BCUT2D eigenvalue weighted by molar-refractivity contribution is 6.02. The number of fused-ring (bicyclic) bond motifs is 1. The first-order valence-corrected chi connectivity index (χ1v) is 9.78. The van der Waals surface area contributed by atoms with Crippen LogP contribution in [0.3, 0.4) is 0 Å². The average molecular weight is 446 g/mol. The van der Waals surface area contributed by atoms with E-state index in [4.69, 9.17) is 10.3 Å². The highest BCUT2D eigenvalue weighted by Gasteiger charge is 2.15. The number of anilines is 4. The minimum Gasteiger partial charge on any atom is -0.380 e. The molecule has 0 atom stereocenters. The number of halogens is 1. The second-order valence-corrected chi connectivity index (χ2v) is 7.10. The van der Waals surface area contributed by atoms with Crippen molar-refractivity contribution in [1.29, 1.82) is 0 Å². The van der Waals surface area contributed by atoms with E-state index in [0.29, 0.717) is 22.5 Å². The Morgan fingerprint density at radius 2 is 1.76 bits per heavy atom. The molecule has 2 heterocycles. The highest BCUT2D eigenvalue weighted by atomic mass is 19.1. The van der Waals surface area contributed by atoms with Crippen LogP contribution >= 0.6 is 0 Å². The Kier molecular flexibility index (Phi) is 5.73. The number of hydrogen-bond donors (Lipinski definition) is 4. The second kappa shape index (κ2) is 8.79. The van der Waals surface area contributed by atoms with Crippen molar-refractivity contribution < 1.29 is 18.5 Å². The maximum absolute atomic E-state index is 13.9. The molecule has 10 heteroatoms. The summed E-state index contributed by atoms with van der Waals surface area (Å²) in [6.07, 6.45) is 1.02. The summed E-state index contributed by atoms with van der Waals surface area (Å²) in [6.45, 7) is 5.16. The normalized spacial score (nSPS) is 10.6. The lowest BCUT2D eigenvalue weighted by Crippen LogP contribution is -2.19. The number of carbonyl (C=O) groups excluding carboxylic acids is 2. The molecule has 0 saturated carbocycles. The van der Waals surface area contributed by atoms with Crippen molar-refractivity contribution >= 4 is 45.9 Å². The topological polar surface area (TPSA) is 135 Å². The van der Waals surface area contributed by atoms with Gasteiger partial charge in [-0.2, -0.15) is 0 Å². The summed E-state index contributed by atoms with van der Waals surface area (Å²) < 4.78 is 19.0. The quantitative estimate of drug-likeness (QED) is 0.329. The fourth-order valence-corrected chi connectivity index (χ4v) is 3.23. The number of nitrogens with two attached hydrogens (primary N) is 1. The van der Waals surface area contributed by atoms with Crippen LogP contribution in [0.25, 0.3) is 22.2 Å². The van der Waals surface area contributed by atoms with E-state index in [1.54, 1.807) is 12.1 Å². The Morgan fingerprint density at radius 1 is 1.06 bits per heavy atom. The second-order valence-electron chi connectivity index (χ2n) is 7.10. The van der Waals surface area contributed by atoms with Gasteiger partial charge in [0.25, 0.3) is 5.71 Å². The van der Waals surface area contributed by atoms with Gasteiger partial charge in [-0.3, -0.25) is 4.79 Å². The predicted molar refractivity (Wildman–Crippen MR) is 124 cm³/mol. The van der Waals surface area contributed by atoms with Crippen LogP contribution in [0.1, 0.15) is 5.69 Å². The zero-order valence-corrected chi connectivity index (χ0v) is 17.5. The molecular weight excluding hydrogens is 427 g/mol. The molecule has 9 nitrogen and oxygen atoms in total. The molecule has 4 rings (SSSR count).